The van der Waals surface area contributed by atoms with Crippen molar-refractivity contribution >= 4 is 17.3 Å². The fraction of sp³-hybridized carbons (Fsp3) is 0.263. The average Bonchev–Trinajstić information content (AvgIpc) is 3.04. The maximum Gasteiger partial charge on any atom is 0.416 e. The SMILES string of the molecule is Fc1ccc([C@@H]2Nc3c(Cl)ccc(C(F)(F)F)c3[C@H]3C=CC[C@H]32)cc1. The van der Waals surface area contributed by atoms with Gasteiger partial charge in [-0.1, -0.05) is 35.9 Å². The van der Waals surface area contributed by atoms with Crippen molar-refractivity contribution in [3.05, 3.63) is 76.1 Å². The zero-order valence-corrected chi connectivity index (χ0v) is 13.7. The van der Waals surface area contributed by atoms with Gasteiger partial charge in [-0.05, 0) is 47.7 Å². The molecule has 0 saturated heterocycles. The minimum atomic E-state index is -4.44. The predicted molar refractivity (Wildman–Crippen MR) is 89.2 cm³/mol. The Bertz CT molecular complexity index is 842. The molecule has 2 aromatic carbocycles. The Labute approximate surface area is 147 Å². The number of benzene rings is 2. The van der Waals surface area contributed by atoms with Gasteiger partial charge in [0, 0.05) is 5.92 Å². The predicted octanol–water partition coefficient (Wildman–Crippen LogP) is 6.32. The Morgan fingerprint density at radius 3 is 2.44 bits per heavy atom. The van der Waals surface area contributed by atoms with Crippen LogP contribution in [-0.4, -0.2) is 0 Å². The summed E-state index contributed by atoms with van der Waals surface area (Å²) in [5.41, 5.74) is 0.702. The molecule has 25 heavy (non-hydrogen) atoms. The number of hydrogen-bond acceptors (Lipinski definition) is 1. The van der Waals surface area contributed by atoms with Gasteiger partial charge in [0.1, 0.15) is 5.82 Å². The second-order valence-corrected chi connectivity index (χ2v) is 6.82. The molecule has 1 heterocycles. The van der Waals surface area contributed by atoms with Crippen molar-refractivity contribution in [2.45, 2.75) is 24.6 Å². The molecule has 0 spiro atoms. The first-order valence-corrected chi connectivity index (χ1v) is 8.32. The summed E-state index contributed by atoms with van der Waals surface area (Å²) in [7, 11) is 0. The number of alkyl halides is 3. The lowest BCUT2D eigenvalue weighted by molar-refractivity contribution is -0.138. The van der Waals surface area contributed by atoms with Crippen LogP contribution in [0.25, 0.3) is 0 Å². The summed E-state index contributed by atoms with van der Waals surface area (Å²) in [6.45, 7) is 0. The second kappa shape index (κ2) is 5.77. The van der Waals surface area contributed by atoms with E-state index in [1.54, 1.807) is 12.1 Å². The number of nitrogens with one attached hydrogen (secondary N) is 1. The van der Waals surface area contributed by atoms with Crippen molar-refractivity contribution in [1.82, 2.24) is 0 Å². The lowest BCUT2D eigenvalue weighted by Gasteiger charge is -2.39. The molecule has 0 radical (unpaired) electrons. The first kappa shape index (κ1) is 16.5. The summed E-state index contributed by atoms with van der Waals surface area (Å²) in [6, 6.07) is 8.13. The summed E-state index contributed by atoms with van der Waals surface area (Å²) in [6.07, 6.45) is -0.0564. The van der Waals surface area contributed by atoms with E-state index in [0.717, 1.165) is 11.6 Å². The molecule has 2 aliphatic rings. The fourth-order valence-electron chi connectivity index (χ4n) is 3.92. The first-order valence-electron chi connectivity index (χ1n) is 7.94. The summed E-state index contributed by atoms with van der Waals surface area (Å²) in [5.74, 6) is -0.794. The van der Waals surface area contributed by atoms with Crippen molar-refractivity contribution in [1.29, 1.82) is 0 Å². The standard InChI is InChI=1S/C19H14ClF4N/c20-15-9-8-14(19(22,23)24)16-12-2-1-3-13(12)17(25-18(15)16)10-4-6-11(21)7-5-10/h1-2,4-9,12-13,17,25H,3H2/t12-,13+,17-/m0/s1. The van der Waals surface area contributed by atoms with E-state index in [-0.39, 0.29) is 34.3 Å². The van der Waals surface area contributed by atoms with Crippen molar-refractivity contribution < 1.29 is 17.6 Å². The molecule has 2 aromatic rings. The molecule has 0 unspecified atom stereocenters. The molecular formula is C19H14ClF4N. The highest BCUT2D eigenvalue weighted by atomic mass is 35.5. The molecule has 130 valence electrons. The van der Waals surface area contributed by atoms with Gasteiger partial charge in [-0.2, -0.15) is 13.2 Å². The van der Waals surface area contributed by atoms with E-state index in [4.69, 9.17) is 11.6 Å². The number of anilines is 1. The van der Waals surface area contributed by atoms with Gasteiger partial charge in [0.15, 0.2) is 0 Å². The zero-order chi connectivity index (χ0) is 17.8. The highest BCUT2D eigenvalue weighted by molar-refractivity contribution is 6.33. The van der Waals surface area contributed by atoms with Gasteiger partial charge in [-0.25, -0.2) is 4.39 Å². The van der Waals surface area contributed by atoms with Crippen molar-refractivity contribution in [2.75, 3.05) is 5.32 Å². The second-order valence-electron chi connectivity index (χ2n) is 6.41. The van der Waals surface area contributed by atoms with Crippen LogP contribution in [0.2, 0.25) is 5.02 Å². The summed E-state index contributed by atoms with van der Waals surface area (Å²) >= 11 is 6.22. The number of rotatable bonds is 1. The van der Waals surface area contributed by atoms with Gasteiger partial charge in [0.2, 0.25) is 0 Å². The fourth-order valence-corrected chi connectivity index (χ4v) is 4.14. The van der Waals surface area contributed by atoms with Gasteiger partial charge in [-0.15, -0.1) is 0 Å². The lowest BCUT2D eigenvalue weighted by Crippen LogP contribution is -2.31. The monoisotopic (exact) mass is 367 g/mol. The third-order valence-corrected chi connectivity index (χ3v) is 5.32. The maximum absolute atomic E-state index is 13.5. The topological polar surface area (TPSA) is 12.0 Å². The maximum atomic E-state index is 13.5. The summed E-state index contributed by atoms with van der Waals surface area (Å²) in [5, 5.41) is 3.45. The van der Waals surface area contributed by atoms with Gasteiger partial charge in [0.25, 0.3) is 0 Å². The Kier molecular flexibility index (Phi) is 3.80. The van der Waals surface area contributed by atoms with Crippen molar-refractivity contribution in [2.24, 2.45) is 5.92 Å². The van der Waals surface area contributed by atoms with Crippen LogP contribution in [0, 0.1) is 11.7 Å². The van der Waals surface area contributed by atoms with Crippen LogP contribution in [0.5, 0.6) is 0 Å². The van der Waals surface area contributed by atoms with E-state index in [0.29, 0.717) is 12.1 Å². The van der Waals surface area contributed by atoms with Gasteiger partial charge in [-0.3, -0.25) is 0 Å². The van der Waals surface area contributed by atoms with E-state index in [2.05, 4.69) is 5.32 Å². The number of allylic oxidation sites excluding steroid dienone is 2. The van der Waals surface area contributed by atoms with Crippen molar-refractivity contribution in [3.8, 4) is 0 Å². The highest BCUT2D eigenvalue weighted by Gasteiger charge is 2.44. The molecule has 0 amide bonds. The molecule has 0 aromatic heterocycles. The van der Waals surface area contributed by atoms with Crippen LogP contribution in [0.15, 0.2) is 48.6 Å². The smallest absolute Gasteiger partial charge is 0.376 e. The van der Waals surface area contributed by atoms with Gasteiger partial charge in [0.05, 0.1) is 22.3 Å². The van der Waals surface area contributed by atoms with Crippen LogP contribution in [0.4, 0.5) is 23.2 Å². The lowest BCUT2D eigenvalue weighted by atomic mass is 9.75. The van der Waals surface area contributed by atoms with Crippen LogP contribution in [-0.2, 0) is 6.18 Å². The largest absolute Gasteiger partial charge is 0.416 e. The molecule has 1 aliphatic carbocycles. The third-order valence-electron chi connectivity index (χ3n) is 5.00. The molecule has 0 bridgehead atoms. The molecule has 1 nitrogen and oxygen atoms in total. The number of fused-ring (bicyclic) bond motifs is 3. The van der Waals surface area contributed by atoms with Crippen molar-refractivity contribution in [3.63, 3.8) is 0 Å². The first-order chi connectivity index (χ1) is 11.9. The molecule has 3 atom stereocenters. The molecular weight excluding hydrogens is 354 g/mol. The number of halogens is 5. The normalized spacial score (nSPS) is 24.6. The van der Waals surface area contributed by atoms with E-state index < -0.39 is 11.7 Å². The van der Waals surface area contributed by atoms with E-state index in [1.165, 1.54) is 18.2 Å². The quantitative estimate of drug-likeness (QED) is 0.459. The Balaban J connectivity index is 1.87. The Hall–Kier alpha value is -2.01. The number of hydrogen-bond donors (Lipinski definition) is 1. The molecule has 1 aliphatic heterocycles. The van der Waals surface area contributed by atoms with E-state index >= 15 is 0 Å². The minimum Gasteiger partial charge on any atom is -0.376 e. The average molecular weight is 368 g/mol. The van der Waals surface area contributed by atoms with Gasteiger partial charge >= 0.3 is 6.18 Å². The Morgan fingerprint density at radius 1 is 1.04 bits per heavy atom. The highest BCUT2D eigenvalue weighted by Crippen LogP contribution is 2.54. The van der Waals surface area contributed by atoms with Crippen LogP contribution in [0.3, 0.4) is 0 Å². The molecule has 0 fully saturated rings. The summed E-state index contributed by atoms with van der Waals surface area (Å²) < 4.78 is 53.7. The Morgan fingerprint density at radius 2 is 1.76 bits per heavy atom. The molecule has 6 heteroatoms. The van der Waals surface area contributed by atoms with E-state index in [1.807, 2.05) is 12.2 Å². The summed E-state index contributed by atoms with van der Waals surface area (Å²) in [4.78, 5) is 0. The molecule has 1 N–H and O–H groups in total. The minimum absolute atomic E-state index is 0.0717. The van der Waals surface area contributed by atoms with Gasteiger partial charge < -0.3 is 5.32 Å². The van der Waals surface area contributed by atoms with Crippen LogP contribution < -0.4 is 5.32 Å². The molecule has 4 rings (SSSR count). The van der Waals surface area contributed by atoms with Crippen LogP contribution >= 0.6 is 11.6 Å². The van der Waals surface area contributed by atoms with Crippen LogP contribution in [0.1, 0.15) is 35.1 Å². The third kappa shape index (κ3) is 2.71. The zero-order valence-electron chi connectivity index (χ0n) is 12.9. The molecule has 0 saturated carbocycles. The van der Waals surface area contributed by atoms with E-state index in [9.17, 15) is 17.6 Å².